The first-order chi connectivity index (χ1) is 14.3. The lowest BCUT2D eigenvalue weighted by molar-refractivity contribution is -0.116. The van der Waals surface area contributed by atoms with Crippen molar-refractivity contribution in [3.05, 3.63) is 52.4 Å². The molecule has 0 saturated heterocycles. The number of aromatic nitrogens is 3. The Bertz CT molecular complexity index is 974. The van der Waals surface area contributed by atoms with Gasteiger partial charge in [0.25, 0.3) is 5.22 Å². The molecule has 2 aromatic heterocycles. The van der Waals surface area contributed by atoms with Crippen molar-refractivity contribution in [3.8, 4) is 0 Å². The number of anilines is 1. The van der Waals surface area contributed by atoms with Crippen LogP contribution in [0.2, 0.25) is 0 Å². The maximum atomic E-state index is 13.2. The molecule has 0 aliphatic heterocycles. The minimum absolute atomic E-state index is 0.0103. The summed E-state index contributed by atoms with van der Waals surface area (Å²) in [4.78, 5) is 21.1. The Kier molecular flexibility index (Phi) is 5.37. The molecular formula is C21H22N4O2S2. The Morgan fingerprint density at radius 1 is 1.17 bits per heavy atom. The number of amides is 1. The number of fused-ring (bicyclic) bond motifs is 1. The van der Waals surface area contributed by atoms with Gasteiger partial charge >= 0.3 is 0 Å². The van der Waals surface area contributed by atoms with Crippen LogP contribution < -0.4 is 4.90 Å². The molecule has 0 spiro atoms. The van der Waals surface area contributed by atoms with Gasteiger partial charge in [-0.25, -0.2) is 4.98 Å². The van der Waals surface area contributed by atoms with Crippen LogP contribution in [0.15, 0.2) is 40.0 Å². The number of rotatable bonds is 7. The fourth-order valence-electron chi connectivity index (χ4n) is 3.46. The average Bonchev–Trinajstić information content (AvgIpc) is 3.34. The number of hydrogen-bond donors (Lipinski definition) is 0. The zero-order chi connectivity index (χ0) is 19.6. The van der Waals surface area contributed by atoms with Crippen LogP contribution in [0.3, 0.4) is 0 Å². The molecule has 29 heavy (non-hydrogen) atoms. The molecule has 0 N–H and O–H groups in total. The molecular weight excluding hydrogens is 404 g/mol. The van der Waals surface area contributed by atoms with Crippen LogP contribution in [0.1, 0.15) is 53.6 Å². The van der Waals surface area contributed by atoms with Crippen molar-refractivity contribution < 1.29 is 9.21 Å². The SMILES string of the molecule is O=C(CSc1nnc(C2CC2)o1)N(Cc1ccccc1)c1nc2c(s1)CCCC2. The summed E-state index contributed by atoms with van der Waals surface area (Å²) in [5, 5.41) is 9.45. The molecule has 0 bridgehead atoms. The Balaban J connectivity index is 1.33. The predicted molar refractivity (Wildman–Crippen MR) is 113 cm³/mol. The van der Waals surface area contributed by atoms with E-state index in [2.05, 4.69) is 10.2 Å². The summed E-state index contributed by atoms with van der Waals surface area (Å²) in [5.41, 5.74) is 2.26. The van der Waals surface area contributed by atoms with Gasteiger partial charge in [-0.1, -0.05) is 42.1 Å². The molecule has 2 aliphatic carbocycles. The van der Waals surface area contributed by atoms with Gasteiger partial charge in [-0.05, 0) is 44.1 Å². The molecule has 0 atom stereocenters. The number of nitrogens with zero attached hydrogens (tertiary/aromatic N) is 4. The van der Waals surface area contributed by atoms with Gasteiger partial charge in [-0.2, -0.15) is 0 Å². The van der Waals surface area contributed by atoms with E-state index < -0.39 is 0 Å². The van der Waals surface area contributed by atoms with E-state index in [0.29, 0.717) is 23.6 Å². The maximum Gasteiger partial charge on any atom is 0.277 e. The van der Waals surface area contributed by atoms with Crippen molar-refractivity contribution in [1.29, 1.82) is 0 Å². The zero-order valence-electron chi connectivity index (χ0n) is 16.0. The van der Waals surface area contributed by atoms with Crippen LogP contribution in [-0.4, -0.2) is 26.8 Å². The second-order valence-electron chi connectivity index (χ2n) is 7.51. The van der Waals surface area contributed by atoms with E-state index in [1.165, 1.54) is 35.2 Å². The van der Waals surface area contributed by atoms with Gasteiger partial charge < -0.3 is 4.42 Å². The van der Waals surface area contributed by atoms with E-state index in [4.69, 9.17) is 9.40 Å². The third-order valence-electron chi connectivity index (χ3n) is 5.22. The number of thiazole rings is 1. The van der Waals surface area contributed by atoms with E-state index in [1.54, 1.807) is 11.3 Å². The summed E-state index contributed by atoms with van der Waals surface area (Å²) in [7, 11) is 0. The molecule has 2 heterocycles. The molecule has 5 rings (SSSR count). The van der Waals surface area contributed by atoms with Crippen molar-refractivity contribution in [2.75, 3.05) is 10.7 Å². The Hall–Kier alpha value is -2.19. The molecule has 1 saturated carbocycles. The summed E-state index contributed by atoms with van der Waals surface area (Å²) in [6, 6.07) is 10.1. The number of carbonyl (C=O) groups is 1. The first kappa shape index (κ1) is 18.8. The lowest BCUT2D eigenvalue weighted by atomic mass is 10.0. The van der Waals surface area contributed by atoms with Gasteiger partial charge in [0.15, 0.2) is 5.13 Å². The minimum atomic E-state index is 0.0103. The van der Waals surface area contributed by atoms with Crippen LogP contribution in [0.4, 0.5) is 5.13 Å². The van der Waals surface area contributed by atoms with Crippen LogP contribution in [0.5, 0.6) is 0 Å². The maximum absolute atomic E-state index is 13.2. The molecule has 1 amide bonds. The summed E-state index contributed by atoms with van der Waals surface area (Å²) >= 11 is 2.97. The van der Waals surface area contributed by atoms with E-state index in [9.17, 15) is 4.79 Å². The van der Waals surface area contributed by atoms with Crippen molar-refractivity contribution in [2.24, 2.45) is 0 Å². The molecule has 150 valence electrons. The second kappa shape index (κ2) is 8.28. The average molecular weight is 427 g/mol. The van der Waals surface area contributed by atoms with Crippen molar-refractivity contribution in [1.82, 2.24) is 15.2 Å². The smallest absolute Gasteiger partial charge is 0.277 e. The Morgan fingerprint density at radius 2 is 2.00 bits per heavy atom. The topological polar surface area (TPSA) is 72.1 Å². The molecule has 2 aliphatic rings. The third-order valence-corrected chi connectivity index (χ3v) is 7.20. The van der Waals surface area contributed by atoms with Crippen LogP contribution in [0, 0.1) is 0 Å². The molecule has 0 unspecified atom stereocenters. The number of carbonyl (C=O) groups excluding carboxylic acids is 1. The largest absolute Gasteiger partial charge is 0.416 e. The predicted octanol–water partition coefficient (Wildman–Crippen LogP) is 4.61. The zero-order valence-corrected chi connectivity index (χ0v) is 17.7. The first-order valence-electron chi connectivity index (χ1n) is 10.1. The summed E-state index contributed by atoms with van der Waals surface area (Å²) < 4.78 is 5.68. The normalized spacial score (nSPS) is 15.9. The fraction of sp³-hybridized carbons (Fsp3) is 0.429. The summed E-state index contributed by atoms with van der Waals surface area (Å²) in [6.07, 6.45) is 6.70. The van der Waals surface area contributed by atoms with Gasteiger partial charge in [-0.3, -0.25) is 9.69 Å². The van der Waals surface area contributed by atoms with Crippen molar-refractivity contribution in [3.63, 3.8) is 0 Å². The van der Waals surface area contributed by atoms with Crippen LogP contribution in [-0.2, 0) is 24.2 Å². The molecule has 8 heteroatoms. The number of aryl methyl sites for hydroxylation is 2. The van der Waals surface area contributed by atoms with Crippen LogP contribution >= 0.6 is 23.1 Å². The molecule has 3 aromatic rings. The van der Waals surface area contributed by atoms with Gasteiger partial charge in [-0.15, -0.1) is 21.5 Å². The highest BCUT2D eigenvalue weighted by Gasteiger charge is 2.30. The van der Waals surface area contributed by atoms with E-state index in [0.717, 1.165) is 36.4 Å². The van der Waals surface area contributed by atoms with Crippen LogP contribution in [0.25, 0.3) is 0 Å². The highest BCUT2D eigenvalue weighted by Crippen LogP contribution is 2.40. The molecule has 6 nitrogen and oxygen atoms in total. The van der Waals surface area contributed by atoms with Crippen molar-refractivity contribution >= 4 is 34.1 Å². The van der Waals surface area contributed by atoms with E-state index >= 15 is 0 Å². The fourth-order valence-corrected chi connectivity index (χ4v) is 5.27. The third kappa shape index (κ3) is 4.38. The van der Waals surface area contributed by atoms with Crippen molar-refractivity contribution in [2.45, 2.75) is 56.2 Å². The van der Waals surface area contributed by atoms with E-state index in [-0.39, 0.29) is 11.7 Å². The highest BCUT2D eigenvalue weighted by molar-refractivity contribution is 7.99. The molecule has 1 aromatic carbocycles. The quantitative estimate of drug-likeness (QED) is 0.514. The standard InChI is InChI=1S/C21H22N4O2S2/c26-18(13-28-21-24-23-19(27-21)15-10-11-15)25(12-14-6-2-1-3-7-14)20-22-16-8-4-5-9-17(16)29-20/h1-3,6-7,15H,4-5,8-13H2. The highest BCUT2D eigenvalue weighted by atomic mass is 32.2. The van der Waals surface area contributed by atoms with Gasteiger partial charge in [0.05, 0.1) is 18.0 Å². The summed E-state index contributed by atoms with van der Waals surface area (Å²) in [5.74, 6) is 1.39. The van der Waals surface area contributed by atoms with E-state index in [1.807, 2.05) is 35.2 Å². The first-order valence-corrected chi connectivity index (χ1v) is 11.9. The molecule has 0 radical (unpaired) electrons. The summed E-state index contributed by atoms with van der Waals surface area (Å²) in [6.45, 7) is 0.518. The lowest BCUT2D eigenvalue weighted by Crippen LogP contribution is -2.31. The number of hydrogen-bond acceptors (Lipinski definition) is 7. The second-order valence-corrected chi connectivity index (χ2v) is 9.50. The van der Waals surface area contributed by atoms with Gasteiger partial charge in [0.1, 0.15) is 0 Å². The minimum Gasteiger partial charge on any atom is -0.416 e. The number of benzene rings is 1. The number of thioether (sulfide) groups is 1. The van der Waals surface area contributed by atoms with Gasteiger partial charge in [0, 0.05) is 10.8 Å². The Morgan fingerprint density at radius 3 is 2.79 bits per heavy atom. The molecule has 1 fully saturated rings. The monoisotopic (exact) mass is 426 g/mol. The lowest BCUT2D eigenvalue weighted by Gasteiger charge is -2.19. The Labute approximate surface area is 177 Å². The van der Waals surface area contributed by atoms with Gasteiger partial charge in [0.2, 0.25) is 11.8 Å².